The van der Waals surface area contributed by atoms with Crippen molar-refractivity contribution >= 4 is 17.5 Å². The molecule has 1 N–H and O–H groups in total. The van der Waals surface area contributed by atoms with Crippen LogP contribution in [0.2, 0.25) is 0 Å². The van der Waals surface area contributed by atoms with Crippen molar-refractivity contribution in [3.63, 3.8) is 0 Å². The second kappa shape index (κ2) is 6.60. The summed E-state index contributed by atoms with van der Waals surface area (Å²) in [6, 6.07) is 15.4. The Morgan fingerprint density at radius 2 is 1.96 bits per heavy atom. The predicted molar refractivity (Wildman–Crippen MR) is 85.1 cm³/mol. The van der Waals surface area contributed by atoms with Crippen LogP contribution in [-0.2, 0) is 16.1 Å². The Balaban J connectivity index is 1.61. The van der Waals surface area contributed by atoms with Crippen molar-refractivity contribution in [3.8, 4) is 0 Å². The summed E-state index contributed by atoms with van der Waals surface area (Å²) in [6.45, 7) is 0.743. The first kappa shape index (κ1) is 15.2. The minimum atomic E-state index is -0.677. The smallest absolute Gasteiger partial charge is 0.239 e. The molecule has 0 aromatic heterocycles. The summed E-state index contributed by atoms with van der Waals surface area (Å²) in [4.78, 5) is 26.3. The molecule has 0 radical (unpaired) electrons. The topological polar surface area (TPSA) is 49.4 Å². The number of carbonyl (C=O) groups excluding carboxylic acids is 2. The molecular formula is C18H17FN2O2. The van der Waals surface area contributed by atoms with Gasteiger partial charge in [0.2, 0.25) is 11.8 Å². The lowest BCUT2D eigenvalue weighted by atomic mass is 10.1. The molecule has 0 aliphatic carbocycles. The molecule has 1 heterocycles. The quantitative estimate of drug-likeness (QED) is 0.882. The van der Waals surface area contributed by atoms with Gasteiger partial charge in [-0.3, -0.25) is 9.59 Å². The summed E-state index contributed by atoms with van der Waals surface area (Å²) in [7, 11) is 0. The zero-order valence-electron chi connectivity index (χ0n) is 12.5. The minimum Gasteiger partial charge on any atom is -0.351 e. The third-order valence-electron chi connectivity index (χ3n) is 3.95. The van der Waals surface area contributed by atoms with Crippen LogP contribution >= 0.6 is 0 Å². The Kier molecular flexibility index (Phi) is 4.37. The summed E-state index contributed by atoms with van der Waals surface area (Å²) >= 11 is 0. The molecule has 2 amide bonds. The summed E-state index contributed by atoms with van der Waals surface area (Å²) in [5.74, 6) is -1.52. The fourth-order valence-corrected chi connectivity index (χ4v) is 2.75. The number of para-hydroxylation sites is 1. The van der Waals surface area contributed by atoms with E-state index >= 15 is 0 Å². The molecular weight excluding hydrogens is 295 g/mol. The Bertz CT molecular complexity index is 718. The molecule has 23 heavy (non-hydrogen) atoms. The van der Waals surface area contributed by atoms with Gasteiger partial charge in [-0.1, -0.05) is 30.3 Å². The molecule has 1 aliphatic heterocycles. The molecule has 2 aromatic carbocycles. The van der Waals surface area contributed by atoms with E-state index in [0.717, 1.165) is 5.69 Å². The monoisotopic (exact) mass is 312 g/mol. The van der Waals surface area contributed by atoms with Gasteiger partial charge in [-0.05, 0) is 36.2 Å². The molecule has 0 saturated carbocycles. The molecule has 4 nitrogen and oxygen atoms in total. The van der Waals surface area contributed by atoms with Gasteiger partial charge in [0, 0.05) is 18.8 Å². The van der Waals surface area contributed by atoms with E-state index in [-0.39, 0.29) is 24.2 Å². The lowest BCUT2D eigenvalue weighted by Gasteiger charge is -2.16. The normalized spacial score (nSPS) is 17.3. The lowest BCUT2D eigenvalue weighted by Crippen LogP contribution is -2.36. The van der Waals surface area contributed by atoms with Crippen molar-refractivity contribution in [1.82, 2.24) is 5.32 Å². The van der Waals surface area contributed by atoms with Crippen LogP contribution in [0.3, 0.4) is 0 Å². The van der Waals surface area contributed by atoms with Crippen molar-refractivity contribution in [2.45, 2.75) is 13.0 Å². The summed E-state index contributed by atoms with van der Waals surface area (Å²) in [6.07, 6.45) is 0.489. The van der Waals surface area contributed by atoms with Crippen LogP contribution in [0.5, 0.6) is 0 Å². The Labute approximate surface area is 133 Å². The summed E-state index contributed by atoms with van der Waals surface area (Å²) in [5.41, 5.74) is 1.47. The van der Waals surface area contributed by atoms with Gasteiger partial charge in [0.1, 0.15) is 11.7 Å². The second-order valence-corrected chi connectivity index (χ2v) is 5.51. The SMILES string of the molecule is O=C(NCc1cccc(F)c1)C1CCN(c2ccccc2)C1=O. The molecule has 3 rings (SSSR count). The fraction of sp³-hybridized carbons (Fsp3) is 0.222. The average molecular weight is 312 g/mol. The van der Waals surface area contributed by atoms with Gasteiger partial charge in [-0.15, -0.1) is 0 Å². The standard InChI is InChI=1S/C18H17FN2O2/c19-14-6-4-5-13(11-14)12-20-17(22)16-9-10-21(18(16)23)15-7-2-1-3-8-15/h1-8,11,16H,9-10,12H2,(H,20,22). The van der Waals surface area contributed by atoms with Crippen LogP contribution in [0.1, 0.15) is 12.0 Å². The van der Waals surface area contributed by atoms with Crippen molar-refractivity contribution in [1.29, 1.82) is 0 Å². The van der Waals surface area contributed by atoms with E-state index in [1.54, 1.807) is 17.0 Å². The maximum atomic E-state index is 13.1. The van der Waals surface area contributed by atoms with Gasteiger partial charge < -0.3 is 10.2 Å². The highest BCUT2D eigenvalue weighted by atomic mass is 19.1. The Morgan fingerprint density at radius 1 is 1.17 bits per heavy atom. The lowest BCUT2D eigenvalue weighted by molar-refractivity contribution is -0.132. The first-order chi connectivity index (χ1) is 11.1. The Morgan fingerprint density at radius 3 is 2.70 bits per heavy atom. The van der Waals surface area contributed by atoms with Crippen LogP contribution in [-0.4, -0.2) is 18.4 Å². The third-order valence-corrected chi connectivity index (χ3v) is 3.95. The zero-order valence-corrected chi connectivity index (χ0v) is 12.5. The van der Waals surface area contributed by atoms with Gasteiger partial charge in [0.05, 0.1) is 0 Å². The highest BCUT2D eigenvalue weighted by Gasteiger charge is 2.37. The minimum absolute atomic E-state index is 0.187. The van der Waals surface area contributed by atoms with Crippen LogP contribution in [0.25, 0.3) is 0 Å². The van der Waals surface area contributed by atoms with Crippen LogP contribution < -0.4 is 10.2 Å². The molecule has 1 atom stereocenters. The predicted octanol–water partition coefficient (Wildman–Crippen LogP) is 2.50. The molecule has 0 bridgehead atoms. The summed E-state index contributed by atoms with van der Waals surface area (Å²) < 4.78 is 13.1. The van der Waals surface area contributed by atoms with E-state index in [1.807, 2.05) is 30.3 Å². The summed E-state index contributed by atoms with van der Waals surface area (Å²) in [5, 5.41) is 2.72. The number of hydrogen-bond donors (Lipinski definition) is 1. The van der Waals surface area contributed by atoms with E-state index in [1.165, 1.54) is 12.1 Å². The maximum absolute atomic E-state index is 13.1. The number of amides is 2. The number of carbonyl (C=O) groups is 2. The number of rotatable bonds is 4. The average Bonchev–Trinajstić information content (AvgIpc) is 2.95. The number of benzene rings is 2. The molecule has 2 aromatic rings. The van der Waals surface area contributed by atoms with E-state index < -0.39 is 5.92 Å². The molecule has 1 unspecified atom stereocenters. The number of nitrogens with one attached hydrogen (secondary N) is 1. The number of hydrogen-bond acceptors (Lipinski definition) is 2. The van der Waals surface area contributed by atoms with Gasteiger partial charge in [-0.25, -0.2) is 4.39 Å². The fourth-order valence-electron chi connectivity index (χ4n) is 2.75. The van der Waals surface area contributed by atoms with E-state index in [2.05, 4.69) is 5.32 Å². The molecule has 0 spiro atoms. The van der Waals surface area contributed by atoms with E-state index in [4.69, 9.17) is 0 Å². The first-order valence-electron chi connectivity index (χ1n) is 7.54. The van der Waals surface area contributed by atoms with Crippen LogP contribution in [0, 0.1) is 11.7 Å². The maximum Gasteiger partial charge on any atom is 0.239 e. The number of halogens is 1. The van der Waals surface area contributed by atoms with Gasteiger partial charge in [-0.2, -0.15) is 0 Å². The molecule has 5 heteroatoms. The second-order valence-electron chi connectivity index (χ2n) is 5.51. The first-order valence-corrected chi connectivity index (χ1v) is 7.54. The van der Waals surface area contributed by atoms with Crippen LogP contribution in [0.15, 0.2) is 54.6 Å². The highest BCUT2D eigenvalue weighted by Crippen LogP contribution is 2.25. The van der Waals surface area contributed by atoms with Gasteiger partial charge in [0.25, 0.3) is 0 Å². The Hall–Kier alpha value is -2.69. The van der Waals surface area contributed by atoms with E-state index in [9.17, 15) is 14.0 Å². The van der Waals surface area contributed by atoms with Gasteiger partial charge in [0.15, 0.2) is 0 Å². The zero-order chi connectivity index (χ0) is 16.2. The van der Waals surface area contributed by atoms with Gasteiger partial charge >= 0.3 is 0 Å². The molecule has 1 fully saturated rings. The molecule has 1 saturated heterocycles. The number of anilines is 1. The van der Waals surface area contributed by atoms with Crippen molar-refractivity contribution in [2.24, 2.45) is 5.92 Å². The largest absolute Gasteiger partial charge is 0.351 e. The van der Waals surface area contributed by atoms with Crippen molar-refractivity contribution in [3.05, 3.63) is 66.0 Å². The van der Waals surface area contributed by atoms with E-state index in [0.29, 0.717) is 18.5 Å². The highest BCUT2D eigenvalue weighted by molar-refractivity contribution is 6.09. The van der Waals surface area contributed by atoms with Crippen molar-refractivity contribution < 1.29 is 14.0 Å². The van der Waals surface area contributed by atoms with Crippen molar-refractivity contribution in [2.75, 3.05) is 11.4 Å². The number of nitrogens with zero attached hydrogens (tertiary/aromatic N) is 1. The van der Waals surface area contributed by atoms with Crippen LogP contribution in [0.4, 0.5) is 10.1 Å². The molecule has 118 valence electrons. The molecule has 1 aliphatic rings. The third kappa shape index (κ3) is 3.39.